The maximum absolute atomic E-state index is 11.5. The molecule has 0 spiro atoms. The normalized spacial score (nSPS) is 15.0. The van der Waals surface area contributed by atoms with E-state index < -0.39 is 0 Å². The van der Waals surface area contributed by atoms with Gasteiger partial charge in [-0.2, -0.15) is 0 Å². The maximum Gasteiger partial charge on any atom is 0.211 e. The molecular formula is C10H9N3O. The van der Waals surface area contributed by atoms with Crippen LogP contribution in [0.5, 0.6) is 0 Å². The molecule has 4 heteroatoms. The Labute approximate surface area is 80.7 Å². The number of nitrogen functional groups attached to an aromatic ring is 1. The van der Waals surface area contributed by atoms with Crippen molar-refractivity contribution < 1.29 is 4.79 Å². The molecule has 0 amide bonds. The van der Waals surface area contributed by atoms with Crippen LogP contribution < -0.4 is 11.5 Å². The lowest BCUT2D eigenvalue weighted by Gasteiger charge is -2.15. The molecular weight excluding hydrogens is 178 g/mol. The van der Waals surface area contributed by atoms with Gasteiger partial charge in [0.1, 0.15) is 5.71 Å². The van der Waals surface area contributed by atoms with Gasteiger partial charge < -0.3 is 11.5 Å². The Morgan fingerprint density at radius 3 is 2.64 bits per heavy atom. The second kappa shape index (κ2) is 2.70. The van der Waals surface area contributed by atoms with Gasteiger partial charge in [0, 0.05) is 22.5 Å². The number of hydrogen-bond acceptors (Lipinski definition) is 4. The summed E-state index contributed by atoms with van der Waals surface area (Å²) in [5.74, 6) is -0.332. The minimum Gasteiger partial charge on any atom is -0.398 e. The highest BCUT2D eigenvalue weighted by Crippen LogP contribution is 2.26. The van der Waals surface area contributed by atoms with Crippen molar-refractivity contribution in [2.45, 2.75) is 0 Å². The molecule has 1 aromatic carbocycles. The molecule has 1 aliphatic carbocycles. The number of anilines is 1. The highest BCUT2D eigenvalue weighted by molar-refractivity contribution is 6.51. The zero-order valence-electron chi connectivity index (χ0n) is 7.37. The molecule has 0 saturated heterocycles. The Hall–Kier alpha value is -2.10. The number of benzene rings is 1. The lowest BCUT2D eigenvalue weighted by Crippen LogP contribution is -2.21. The molecule has 0 unspecified atom stereocenters. The standard InChI is InChI=1S/C10H9N3O/c11-6-3-1-2-5-9(6)7(12)4-8(13)10(5)14/h1-4,13H,11-12H2. The van der Waals surface area contributed by atoms with Gasteiger partial charge >= 0.3 is 0 Å². The Morgan fingerprint density at radius 1 is 1.21 bits per heavy atom. The molecule has 0 atom stereocenters. The number of carbonyl (C=O) groups excluding carboxylic acids is 1. The minimum atomic E-state index is -0.332. The fourth-order valence-corrected chi connectivity index (χ4v) is 1.52. The van der Waals surface area contributed by atoms with Crippen molar-refractivity contribution >= 4 is 22.9 Å². The number of ketones is 1. The van der Waals surface area contributed by atoms with Crippen LogP contribution in [0.1, 0.15) is 15.9 Å². The molecule has 0 aliphatic heterocycles. The van der Waals surface area contributed by atoms with Crippen LogP contribution >= 0.6 is 0 Å². The van der Waals surface area contributed by atoms with Crippen molar-refractivity contribution in [3.05, 3.63) is 35.4 Å². The largest absolute Gasteiger partial charge is 0.398 e. The number of allylic oxidation sites excluding steroid dienone is 1. The molecule has 0 heterocycles. The molecule has 1 aliphatic rings. The first-order chi connectivity index (χ1) is 6.61. The van der Waals surface area contributed by atoms with E-state index in [4.69, 9.17) is 16.9 Å². The predicted octanol–water partition coefficient (Wildman–Crippen LogP) is 0.784. The summed E-state index contributed by atoms with van der Waals surface area (Å²) in [7, 11) is 0. The number of carbonyl (C=O) groups is 1. The smallest absolute Gasteiger partial charge is 0.211 e. The second-order valence-electron chi connectivity index (χ2n) is 3.11. The van der Waals surface area contributed by atoms with Crippen molar-refractivity contribution in [1.82, 2.24) is 0 Å². The highest BCUT2D eigenvalue weighted by atomic mass is 16.1. The van der Waals surface area contributed by atoms with E-state index in [2.05, 4.69) is 0 Å². The summed E-state index contributed by atoms with van der Waals surface area (Å²) < 4.78 is 0. The van der Waals surface area contributed by atoms with Crippen LogP contribution in [0.4, 0.5) is 5.69 Å². The van der Waals surface area contributed by atoms with Gasteiger partial charge in [0.05, 0.1) is 0 Å². The quantitative estimate of drug-likeness (QED) is 0.524. The lowest BCUT2D eigenvalue weighted by molar-refractivity contribution is 0.106. The van der Waals surface area contributed by atoms with E-state index in [1.807, 2.05) is 0 Å². The van der Waals surface area contributed by atoms with Gasteiger partial charge in [-0.1, -0.05) is 12.1 Å². The molecule has 0 aromatic heterocycles. The average molecular weight is 187 g/mol. The molecule has 2 rings (SSSR count). The summed E-state index contributed by atoms with van der Waals surface area (Å²) >= 11 is 0. The Bertz CT molecular complexity index is 474. The van der Waals surface area contributed by atoms with Crippen molar-refractivity contribution in [3.63, 3.8) is 0 Å². The van der Waals surface area contributed by atoms with Crippen molar-refractivity contribution in [3.8, 4) is 0 Å². The minimum absolute atomic E-state index is 0.0967. The molecule has 0 saturated carbocycles. The Morgan fingerprint density at radius 2 is 1.93 bits per heavy atom. The van der Waals surface area contributed by atoms with Gasteiger partial charge in [-0.25, -0.2) is 0 Å². The summed E-state index contributed by atoms with van der Waals surface area (Å²) in [5, 5.41) is 7.38. The maximum atomic E-state index is 11.5. The third-order valence-corrected chi connectivity index (χ3v) is 2.17. The van der Waals surface area contributed by atoms with Crippen molar-refractivity contribution in [2.75, 3.05) is 5.73 Å². The van der Waals surface area contributed by atoms with Crippen LogP contribution in [0.15, 0.2) is 24.3 Å². The van der Waals surface area contributed by atoms with Crippen molar-refractivity contribution in [1.29, 1.82) is 5.41 Å². The Kier molecular flexibility index (Phi) is 1.64. The van der Waals surface area contributed by atoms with Crippen LogP contribution in [0.25, 0.3) is 5.70 Å². The molecule has 70 valence electrons. The number of hydrogen-bond donors (Lipinski definition) is 3. The number of nitrogens with one attached hydrogen (secondary N) is 1. The molecule has 0 fully saturated rings. The summed E-state index contributed by atoms with van der Waals surface area (Å²) in [6.45, 7) is 0. The van der Waals surface area contributed by atoms with Gasteiger partial charge in [0.2, 0.25) is 5.78 Å². The topological polar surface area (TPSA) is 93.0 Å². The zero-order chi connectivity index (χ0) is 10.3. The van der Waals surface area contributed by atoms with E-state index in [1.165, 1.54) is 6.08 Å². The second-order valence-corrected chi connectivity index (χ2v) is 3.11. The van der Waals surface area contributed by atoms with Crippen molar-refractivity contribution in [2.24, 2.45) is 5.73 Å². The monoisotopic (exact) mass is 187 g/mol. The van der Waals surface area contributed by atoms with Gasteiger partial charge in [0.15, 0.2) is 0 Å². The summed E-state index contributed by atoms with van der Waals surface area (Å²) in [5.41, 5.74) is 13.1. The molecule has 0 radical (unpaired) electrons. The number of rotatable bonds is 0. The third kappa shape index (κ3) is 1.01. The van der Waals surface area contributed by atoms with E-state index in [9.17, 15) is 4.79 Å². The van der Waals surface area contributed by atoms with E-state index in [-0.39, 0.29) is 11.5 Å². The van der Waals surface area contributed by atoms with Crippen LogP contribution in [-0.2, 0) is 0 Å². The molecule has 14 heavy (non-hydrogen) atoms. The SMILES string of the molecule is N=C1C=C(N)c2c(N)cccc2C1=O. The molecule has 0 bridgehead atoms. The molecule has 5 N–H and O–H groups in total. The van der Waals surface area contributed by atoms with Crippen LogP contribution in [0.2, 0.25) is 0 Å². The summed E-state index contributed by atoms with van der Waals surface area (Å²) in [6, 6.07) is 4.99. The first kappa shape index (κ1) is 8.50. The van der Waals surface area contributed by atoms with Gasteiger partial charge in [-0.15, -0.1) is 0 Å². The lowest BCUT2D eigenvalue weighted by atomic mass is 9.91. The van der Waals surface area contributed by atoms with Crippen LogP contribution in [-0.4, -0.2) is 11.5 Å². The first-order valence-corrected chi connectivity index (χ1v) is 4.10. The number of nitrogens with two attached hydrogens (primary N) is 2. The number of Topliss-reactive ketones (excluding diaryl/α,β-unsaturated/α-hetero) is 1. The first-order valence-electron chi connectivity index (χ1n) is 4.10. The fraction of sp³-hybridized carbons (Fsp3) is 0. The predicted molar refractivity (Wildman–Crippen MR) is 55.1 cm³/mol. The van der Waals surface area contributed by atoms with Crippen LogP contribution in [0, 0.1) is 5.41 Å². The average Bonchev–Trinajstić information content (AvgIpc) is 2.14. The van der Waals surface area contributed by atoms with Crippen LogP contribution in [0.3, 0.4) is 0 Å². The third-order valence-electron chi connectivity index (χ3n) is 2.17. The van der Waals surface area contributed by atoms with E-state index >= 15 is 0 Å². The molecule has 1 aromatic rings. The van der Waals surface area contributed by atoms with Gasteiger partial charge in [0.25, 0.3) is 0 Å². The fourth-order valence-electron chi connectivity index (χ4n) is 1.52. The van der Waals surface area contributed by atoms with Gasteiger partial charge in [-0.05, 0) is 12.1 Å². The van der Waals surface area contributed by atoms with Gasteiger partial charge in [-0.3, -0.25) is 10.2 Å². The summed E-state index contributed by atoms with van der Waals surface area (Å²) in [6.07, 6.45) is 1.33. The van der Waals surface area contributed by atoms with E-state index in [1.54, 1.807) is 18.2 Å². The summed E-state index contributed by atoms with van der Waals surface area (Å²) in [4.78, 5) is 11.5. The Balaban J connectivity index is 2.78. The number of fused-ring (bicyclic) bond motifs is 1. The highest BCUT2D eigenvalue weighted by Gasteiger charge is 2.23. The van der Waals surface area contributed by atoms with E-state index in [0.29, 0.717) is 22.5 Å². The zero-order valence-corrected chi connectivity index (χ0v) is 7.37. The molecule has 4 nitrogen and oxygen atoms in total. The van der Waals surface area contributed by atoms with E-state index in [0.717, 1.165) is 0 Å².